The van der Waals surface area contributed by atoms with E-state index >= 15 is 0 Å². The summed E-state index contributed by atoms with van der Waals surface area (Å²) in [7, 11) is 2.15. The largest absolute Gasteiger partial charge is 0.369 e. The zero-order chi connectivity index (χ0) is 21.8. The number of piperazine rings is 1. The highest BCUT2D eigenvalue weighted by atomic mass is 35.5. The molecule has 3 N–H and O–H groups in total. The van der Waals surface area contributed by atoms with Crippen LogP contribution in [-0.2, 0) is 6.42 Å². The second kappa shape index (κ2) is 9.37. The third-order valence-corrected chi connectivity index (χ3v) is 5.91. The predicted octanol–water partition coefficient (Wildman–Crippen LogP) is 3.92. The summed E-state index contributed by atoms with van der Waals surface area (Å²) in [5.74, 6) is -0.569. The fourth-order valence-corrected chi connectivity index (χ4v) is 3.94. The van der Waals surface area contributed by atoms with Gasteiger partial charge < -0.3 is 20.9 Å². The van der Waals surface area contributed by atoms with Gasteiger partial charge in [0, 0.05) is 55.2 Å². The molecule has 2 aromatic carbocycles. The molecule has 7 heteroatoms. The molecule has 4 rings (SSSR count). The van der Waals surface area contributed by atoms with Gasteiger partial charge in [-0.05, 0) is 54.6 Å². The average Bonchev–Trinajstić information content (AvgIpc) is 2.76. The Morgan fingerprint density at radius 1 is 1.10 bits per heavy atom. The molecule has 1 aromatic heterocycles. The van der Waals surface area contributed by atoms with Gasteiger partial charge >= 0.3 is 0 Å². The average molecular weight is 436 g/mol. The van der Waals surface area contributed by atoms with Crippen molar-refractivity contribution in [3.63, 3.8) is 0 Å². The highest BCUT2D eigenvalue weighted by Gasteiger charge is 2.15. The Hall–Kier alpha value is -3.09. The van der Waals surface area contributed by atoms with Crippen LogP contribution in [0, 0.1) is 0 Å². The Bertz CT molecular complexity index is 1060. The number of nitrogens with one attached hydrogen (secondary N) is 1. The molecule has 0 spiro atoms. The Kier molecular flexibility index (Phi) is 6.39. The van der Waals surface area contributed by atoms with E-state index in [2.05, 4.69) is 39.3 Å². The van der Waals surface area contributed by atoms with Crippen molar-refractivity contribution in [3.8, 4) is 0 Å². The fourth-order valence-electron chi connectivity index (χ4n) is 3.73. The number of amides is 1. The van der Waals surface area contributed by atoms with E-state index < -0.39 is 5.91 Å². The minimum Gasteiger partial charge on any atom is -0.369 e. The number of pyridine rings is 1. The number of benzene rings is 2. The molecule has 1 fully saturated rings. The molecular formula is C24H26ClN5O. The van der Waals surface area contributed by atoms with Crippen molar-refractivity contribution in [3.05, 3.63) is 82.6 Å². The van der Waals surface area contributed by atoms with Crippen LogP contribution < -0.4 is 16.0 Å². The number of hydrogen-bond donors (Lipinski definition) is 2. The standard InChI is InChI=1S/C24H26ClN5O/c1-29-10-12-30(13-11-29)20-8-6-19(7-9-20)28-22-15-17(16-27-23(22)24(26)31)14-18-4-2-3-5-21(18)25/h2-9,15-16,28H,10-14H2,1H3,(H2,26,31). The summed E-state index contributed by atoms with van der Waals surface area (Å²) in [4.78, 5) is 20.9. The number of carbonyl (C=O) groups excluding carboxylic acids is 1. The number of anilines is 3. The van der Waals surface area contributed by atoms with E-state index in [9.17, 15) is 4.79 Å². The van der Waals surface area contributed by atoms with Gasteiger partial charge in [0.15, 0.2) is 5.69 Å². The number of aromatic nitrogens is 1. The van der Waals surface area contributed by atoms with Gasteiger partial charge in [-0.15, -0.1) is 0 Å². The van der Waals surface area contributed by atoms with Gasteiger partial charge in [0.25, 0.3) is 5.91 Å². The van der Waals surface area contributed by atoms with Crippen LogP contribution in [-0.4, -0.2) is 49.0 Å². The van der Waals surface area contributed by atoms with Crippen LogP contribution in [0.2, 0.25) is 5.02 Å². The molecule has 1 amide bonds. The number of primary amides is 1. The first-order valence-electron chi connectivity index (χ1n) is 10.3. The molecule has 0 aliphatic carbocycles. The number of nitrogens with two attached hydrogens (primary N) is 1. The van der Waals surface area contributed by atoms with Gasteiger partial charge in [-0.25, -0.2) is 4.98 Å². The molecule has 0 bridgehead atoms. The molecule has 0 atom stereocenters. The zero-order valence-corrected chi connectivity index (χ0v) is 18.3. The van der Waals surface area contributed by atoms with Crippen molar-refractivity contribution < 1.29 is 4.79 Å². The van der Waals surface area contributed by atoms with Crippen LogP contribution >= 0.6 is 11.6 Å². The quantitative estimate of drug-likeness (QED) is 0.613. The molecule has 2 heterocycles. The maximum Gasteiger partial charge on any atom is 0.269 e. The molecule has 1 saturated heterocycles. The predicted molar refractivity (Wildman–Crippen MR) is 126 cm³/mol. The maximum atomic E-state index is 11.9. The van der Waals surface area contributed by atoms with Crippen LogP contribution in [0.4, 0.5) is 17.1 Å². The number of hydrogen-bond acceptors (Lipinski definition) is 5. The Morgan fingerprint density at radius 3 is 2.48 bits per heavy atom. The summed E-state index contributed by atoms with van der Waals surface area (Å²) in [5.41, 5.74) is 10.4. The number of halogens is 1. The first kappa shape index (κ1) is 21.2. The Morgan fingerprint density at radius 2 is 1.81 bits per heavy atom. The van der Waals surface area contributed by atoms with Gasteiger partial charge in [0.2, 0.25) is 0 Å². The van der Waals surface area contributed by atoms with E-state index in [1.165, 1.54) is 5.69 Å². The first-order chi connectivity index (χ1) is 15.0. The number of rotatable bonds is 6. The van der Waals surface area contributed by atoms with Crippen LogP contribution in [0.1, 0.15) is 21.6 Å². The number of likely N-dealkylation sites (N-methyl/N-ethyl adjacent to an activating group) is 1. The minimum atomic E-state index is -0.569. The van der Waals surface area contributed by atoms with Crippen molar-refractivity contribution in [1.82, 2.24) is 9.88 Å². The van der Waals surface area contributed by atoms with Crippen LogP contribution in [0.3, 0.4) is 0 Å². The Balaban J connectivity index is 1.53. The normalized spacial score (nSPS) is 14.5. The third-order valence-electron chi connectivity index (χ3n) is 5.54. The summed E-state index contributed by atoms with van der Waals surface area (Å²) in [5, 5.41) is 4.01. The molecule has 160 valence electrons. The molecule has 3 aromatic rings. The third kappa shape index (κ3) is 5.16. The molecule has 1 aliphatic heterocycles. The molecule has 0 radical (unpaired) electrons. The molecule has 31 heavy (non-hydrogen) atoms. The lowest BCUT2D eigenvalue weighted by Gasteiger charge is -2.34. The lowest BCUT2D eigenvalue weighted by atomic mass is 10.1. The van der Waals surface area contributed by atoms with E-state index in [1.807, 2.05) is 42.5 Å². The van der Waals surface area contributed by atoms with E-state index in [0.717, 1.165) is 43.0 Å². The summed E-state index contributed by atoms with van der Waals surface area (Å²) in [6.45, 7) is 4.16. The lowest BCUT2D eigenvalue weighted by Crippen LogP contribution is -2.44. The van der Waals surface area contributed by atoms with Crippen molar-refractivity contribution in [2.75, 3.05) is 43.4 Å². The van der Waals surface area contributed by atoms with E-state index in [1.54, 1.807) is 6.20 Å². The van der Waals surface area contributed by atoms with Gasteiger partial charge in [-0.1, -0.05) is 29.8 Å². The fraction of sp³-hybridized carbons (Fsp3) is 0.250. The summed E-state index contributed by atoms with van der Waals surface area (Å²) < 4.78 is 0. The van der Waals surface area contributed by atoms with Crippen molar-refractivity contribution >= 4 is 34.6 Å². The van der Waals surface area contributed by atoms with Crippen LogP contribution in [0.25, 0.3) is 0 Å². The summed E-state index contributed by atoms with van der Waals surface area (Å²) in [6.07, 6.45) is 2.29. The lowest BCUT2D eigenvalue weighted by molar-refractivity contribution is 0.0996. The first-order valence-corrected chi connectivity index (χ1v) is 10.7. The van der Waals surface area contributed by atoms with E-state index in [-0.39, 0.29) is 5.69 Å². The Labute approximate surface area is 187 Å². The molecule has 0 unspecified atom stereocenters. The molecule has 6 nitrogen and oxygen atoms in total. The van der Waals surface area contributed by atoms with Crippen molar-refractivity contribution in [1.29, 1.82) is 0 Å². The van der Waals surface area contributed by atoms with Gasteiger partial charge in [0.05, 0.1) is 5.69 Å². The molecular weight excluding hydrogens is 410 g/mol. The van der Waals surface area contributed by atoms with Crippen molar-refractivity contribution in [2.45, 2.75) is 6.42 Å². The number of carbonyl (C=O) groups is 1. The van der Waals surface area contributed by atoms with Gasteiger partial charge in [0.1, 0.15) is 0 Å². The summed E-state index contributed by atoms with van der Waals surface area (Å²) in [6, 6.07) is 17.8. The number of nitrogens with zero attached hydrogens (tertiary/aromatic N) is 3. The van der Waals surface area contributed by atoms with Gasteiger partial charge in [-0.3, -0.25) is 4.79 Å². The monoisotopic (exact) mass is 435 g/mol. The van der Waals surface area contributed by atoms with Crippen LogP contribution in [0.5, 0.6) is 0 Å². The van der Waals surface area contributed by atoms with Crippen molar-refractivity contribution in [2.24, 2.45) is 5.73 Å². The molecule has 1 aliphatic rings. The maximum absolute atomic E-state index is 11.9. The zero-order valence-electron chi connectivity index (χ0n) is 17.5. The topological polar surface area (TPSA) is 74.5 Å². The van der Waals surface area contributed by atoms with Crippen LogP contribution in [0.15, 0.2) is 60.8 Å². The van der Waals surface area contributed by atoms with E-state index in [0.29, 0.717) is 17.1 Å². The minimum absolute atomic E-state index is 0.214. The molecule has 0 saturated carbocycles. The second-order valence-electron chi connectivity index (χ2n) is 7.83. The van der Waals surface area contributed by atoms with Gasteiger partial charge in [-0.2, -0.15) is 0 Å². The van der Waals surface area contributed by atoms with E-state index in [4.69, 9.17) is 17.3 Å². The smallest absolute Gasteiger partial charge is 0.269 e. The SMILES string of the molecule is CN1CCN(c2ccc(Nc3cc(Cc4ccccc4Cl)cnc3C(N)=O)cc2)CC1. The summed E-state index contributed by atoms with van der Waals surface area (Å²) >= 11 is 6.30. The highest BCUT2D eigenvalue weighted by molar-refractivity contribution is 6.31. The second-order valence-corrected chi connectivity index (χ2v) is 8.24. The highest BCUT2D eigenvalue weighted by Crippen LogP contribution is 2.26.